The number of aryl methyl sites for hydroxylation is 2. The quantitative estimate of drug-likeness (QED) is 0.504. The minimum atomic E-state index is 0.398. The van der Waals surface area contributed by atoms with Gasteiger partial charge in [-0.3, -0.25) is 0 Å². The van der Waals surface area contributed by atoms with Crippen molar-refractivity contribution < 1.29 is 0 Å². The molecule has 0 aliphatic heterocycles. The monoisotopic (exact) mass is 440 g/mol. The highest BCUT2D eigenvalue weighted by atomic mass is 32.1. The van der Waals surface area contributed by atoms with Gasteiger partial charge in [-0.1, -0.05) is 25.5 Å². The molecule has 0 saturated heterocycles. The maximum atomic E-state index is 5.59. The summed E-state index contributed by atoms with van der Waals surface area (Å²) in [4.78, 5) is 10.9. The van der Waals surface area contributed by atoms with Crippen LogP contribution in [0.25, 0.3) is 0 Å². The summed E-state index contributed by atoms with van der Waals surface area (Å²) in [6.07, 6.45) is 9.69. The lowest BCUT2D eigenvalue weighted by molar-refractivity contribution is 0.387. The van der Waals surface area contributed by atoms with E-state index in [1.807, 2.05) is 25.1 Å². The summed E-state index contributed by atoms with van der Waals surface area (Å²) in [6.45, 7) is 4.37. The second-order valence-electron chi connectivity index (χ2n) is 8.68. The van der Waals surface area contributed by atoms with Gasteiger partial charge in [0.05, 0.1) is 0 Å². The second-order valence-corrected chi connectivity index (χ2v) is 9.09. The largest absolute Gasteiger partial charge is 0.363 e. The van der Waals surface area contributed by atoms with Crippen molar-refractivity contribution in [2.24, 2.45) is 0 Å². The van der Waals surface area contributed by atoms with E-state index in [2.05, 4.69) is 58.0 Å². The van der Waals surface area contributed by atoms with E-state index in [4.69, 9.17) is 12.2 Å². The van der Waals surface area contributed by atoms with Crippen molar-refractivity contribution in [3.63, 3.8) is 0 Å². The van der Waals surface area contributed by atoms with Gasteiger partial charge in [0.15, 0.2) is 5.11 Å². The Kier molecular flexibility index (Phi) is 8.46. The van der Waals surface area contributed by atoms with Crippen LogP contribution in [-0.4, -0.2) is 41.3 Å². The average molecular weight is 441 g/mol. The number of aromatic nitrogens is 2. The van der Waals surface area contributed by atoms with Crippen LogP contribution in [-0.2, 0) is 6.42 Å². The first-order chi connectivity index (χ1) is 14.9. The first-order valence-corrected chi connectivity index (χ1v) is 11.8. The molecule has 1 saturated carbocycles. The van der Waals surface area contributed by atoms with Crippen molar-refractivity contribution in [1.29, 1.82) is 0 Å². The number of hydrogen-bond acceptors (Lipinski definition) is 5. The Bertz CT molecular complexity index is 861. The molecule has 3 rings (SSSR count). The number of benzene rings is 1. The Balaban J connectivity index is 1.44. The third-order valence-electron chi connectivity index (χ3n) is 5.85. The first-order valence-electron chi connectivity index (χ1n) is 11.4. The number of nitrogens with one attached hydrogen (secondary N) is 3. The topological polar surface area (TPSA) is 65.1 Å². The number of anilines is 3. The molecule has 1 aliphatic carbocycles. The number of unbranched alkanes of at least 4 members (excludes halogenated alkanes) is 1. The lowest BCUT2D eigenvalue weighted by atomic mass is 9.91. The van der Waals surface area contributed by atoms with Gasteiger partial charge >= 0.3 is 0 Å². The van der Waals surface area contributed by atoms with Crippen LogP contribution in [0.15, 0.2) is 30.5 Å². The fourth-order valence-corrected chi connectivity index (χ4v) is 4.26. The molecule has 7 heteroatoms. The van der Waals surface area contributed by atoms with Crippen molar-refractivity contribution in [3.05, 3.63) is 41.6 Å². The average Bonchev–Trinajstić information content (AvgIpc) is 2.75. The van der Waals surface area contributed by atoms with Crippen LogP contribution in [0.5, 0.6) is 0 Å². The lowest BCUT2D eigenvalue weighted by Gasteiger charge is -2.30. The summed E-state index contributed by atoms with van der Waals surface area (Å²) in [7, 11) is 3.98. The van der Waals surface area contributed by atoms with Gasteiger partial charge in [0.1, 0.15) is 5.82 Å². The Morgan fingerprint density at radius 2 is 1.87 bits per heavy atom. The molecule has 168 valence electrons. The van der Waals surface area contributed by atoms with E-state index in [0.29, 0.717) is 23.1 Å². The molecule has 6 nitrogen and oxygen atoms in total. The number of rotatable bonds is 8. The Morgan fingerprint density at radius 1 is 1.13 bits per heavy atom. The normalized spacial score (nSPS) is 18.3. The van der Waals surface area contributed by atoms with Crippen molar-refractivity contribution in [2.45, 2.75) is 70.9 Å². The molecule has 1 aliphatic rings. The molecule has 1 fully saturated rings. The summed E-state index contributed by atoms with van der Waals surface area (Å²) >= 11 is 5.59. The molecule has 1 aromatic carbocycles. The van der Waals surface area contributed by atoms with Crippen molar-refractivity contribution >= 4 is 34.8 Å². The molecule has 0 radical (unpaired) electrons. The standard InChI is InChI=1S/C24H36N6S/c1-5-6-7-18-8-13-21(17(2)16-18)28-24(31)27-20-11-9-19(10-12-20)26-23-25-15-14-22(29-23)30(3)4/h8,13-16,19-20H,5-7,9-12H2,1-4H3,(H,25,26,29)(H2,27,28,31)/t19-,20+. The van der Waals surface area contributed by atoms with Crippen LogP contribution in [0.1, 0.15) is 56.6 Å². The first kappa shape index (κ1) is 23.3. The van der Waals surface area contributed by atoms with Gasteiger partial charge in [0, 0.05) is 38.1 Å². The molecule has 1 heterocycles. The maximum Gasteiger partial charge on any atom is 0.224 e. The Hall–Kier alpha value is -2.41. The minimum Gasteiger partial charge on any atom is -0.363 e. The molecule has 0 atom stereocenters. The minimum absolute atomic E-state index is 0.398. The summed E-state index contributed by atoms with van der Waals surface area (Å²) in [5, 5.41) is 11.1. The van der Waals surface area contributed by atoms with Gasteiger partial charge < -0.3 is 20.9 Å². The summed E-state index contributed by atoms with van der Waals surface area (Å²) in [5.41, 5.74) is 3.73. The van der Waals surface area contributed by atoms with E-state index in [1.165, 1.54) is 24.0 Å². The van der Waals surface area contributed by atoms with E-state index in [1.54, 1.807) is 6.20 Å². The number of thiocarbonyl (C=S) groups is 1. The molecule has 0 unspecified atom stereocenters. The molecule has 0 amide bonds. The van der Waals surface area contributed by atoms with E-state index in [0.717, 1.165) is 43.6 Å². The zero-order valence-corrected chi connectivity index (χ0v) is 20.1. The van der Waals surface area contributed by atoms with Crippen LogP contribution in [0, 0.1) is 6.92 Å². The zero-order chi connectivity index (χ0) is 22.2. The third kappa shape index (κ3) is 7.06. The molecule has 2 aromatic rings. The van der Waals surface area contributed by atoms with E-state index in [-0.39, 0.29) is 0 Å². The molecular weight excluding hydrogens is 404 g/mol. The lowest BCUT2D eigenvalue weighted by Crippen LogP contribution is -2.42. The van der Waals surface area contributed by atoms with Gasteiger partial charge in [-0.05, 0) is 80.9 Å². The third-order valence-corrected chi connectivity index (χ3v) is 6.07. The van der Waals surface area contributed by atoms with Gasteiger partial charge in [-0.25, -0.2) is 4.98 Å². The summed E-state index contributed by atoms with van der Waals surface area (Å²) in [6, 6.07) is 9.34. The number of nitrogens with zero attached hydrogens (tertiary/aromatic N) is 3. The van der Waals surface area contributed by atoms with Gasteiger partial charge in [-0.2, -0.15) is 4.98 Å². The molecule has 31 heavy (non-hydrogen) atoms. The number of hydrogen-bond donors (Lipinski definition) is 3. The maximum absolute atomic E-state index is 5.59. The SMILES string of the molecule is CCCCc1ccc(NC(=S)N[C@H]2CC[C@@H](Nc3nccc(N(C)C)n3)CC2)c(C)c1. The van der Waals surface area contributed by atoms with Crippen LogP contribution in [0.2, 0.25) is 0 Å². The van der Waals surface area contributed by atoms with E-state index < -0.39 is 0 Å². The summed E-state index contributed by atoms with van der Waals surface area (Å²) < 4.78 is 0. The summed E-state index contributed by atoms with van der Waals surface area (Å²) in [5.74, 6) is 1.62. The van der Waals surface area contributed by atoms with Gasteiger partial charge in [0.25, 0.3) is 0 Å². The van der Waals surface area contributed by atoms with Gasteiger partial charge in [-0.15, -0.1) is 0 Å². The fraction of sp³-hybridized carbons (Fsp3) is 0.542. The Morgan fingerprint density at radius 3 is 2.55 bits per heavy atom. The van der Waals surface area contributed by atoms with Crippen molar-refractivity contribution in [1.82, 2.24) is 15.3 Å². The predicted molar refractivity (Wildman–Crippen MR) is 135 cm³/mol. The van der Waals surface area contributed by atoms with Crippen LogP contribution < -0.4 is 20.9 Å². The predicted octanol–water partition coefficient (Wildman–Crippen LogP) is 4.90. The van der Waals surface area contributed by atoms with Gasteiger partial charge in [0.2, 0.25) is 5.95 Å². The smallest absolute Gasteiger partial charge is 0.224 e. The second kappa shape index (κ2) is 11.3. The zero-order valence-electron chi connectivity index (χ0n) is 19.2. The van der Waals surface area contributed by atoms with Crippen LogP contribution >= 0.6 is 12.2 Å². The van der Waals surface area contributed by atoms with E-state index >= 15 is 0 Å². The van der Waals surface area contributed by atoms with Crippen molar-refractivity contribution in [2.75, 3.05) is 29.6 Å². The fourth-order valence-electron chi connectivity index (χ4n) is 3.98. The highest BCUT2D eigenvalue weighted by molar-refractivity contribution is 7.80. The van der Waals surface area contributed by atoms with Crippen LogP contribution in [0.3, 0.4) is 0 Å². The molecule has 0 spiro atoms. The highest BCUT2D eigenvalue weighted by Crippen LogP contribution is 2.23. The van der Waals surface area contributed by atoms with E-state index in [9.17, 15) is 0 Å². The molecular formula is C24H36N6S. The van der Waals surface area contributed by atoms with Crippen molar-refractivity contribution in [3.8, 4) is 0 Å². The highest BCUT2D eigenvalue weighted by Gasteiger charge is 2.22. The molecule has 3 N–H and O–H groups in total. The van der Waals surface area contributed by atoms with Crippen LogP contribution in [0.4, 0.5) is 17.5 Å². The molecule has 1 aromatic heterocycles. The molecule has 0 bridgehead atoms. The Labute approximate surface area is 192 Å².